The van der Waals surface area contributed by atoms with Gasteiger partial charge in [-0.05, 0) is 36.8 Å². The molecule has 1 spiro atoms. The second-order valence-electron chi connectivity index (χ2n) is 7.80. The normalized spacial score (nSPS) is 18.0. The quantitative estimate of drug-likeness (QED) is 0.624. The molecule has 9 heteroatoms. The summed E-state index contributed by atoms with van der Waals surface area (Å²) in [6.07, 6.45) is -1.37. The van der Waals surface area contributed by atoms with Crippen LogP contribution in [0.4, 0.5) is 23.7 Å². The topological polar surface area (TPSA) is 53.6 Å². The third kappa shape index (κ3) is 4.65. The van der Waals surface area contributed by atoms with Crippen molar-refractivity contribution < 1.29 is 22.8 Å². The number of nitrogens with one attached hydrogen (secondary N) is 2. The number of hydrogen-bond donors (Lipinski definition) is 2. The van der Waals surface area contributed by atoms with Gasteiger partial charge >= 0.3 is 12.2 Å². The van der Waals surface area contributed by atoms with E-state index in [4.69, 9.17) is 16.4 Å². The van der Waals surface area contributed by atoms with Crippen LogP contribution in [0.2, 0.25) is 5.02 Å². The van der Waals surface area contributed by atoms with Gasteiger partial charge in [0.2, 0.25) is 0 Å². The maximum Gasteiger partial charge on any atom is 0.416 e. The van der Waals surface area contributed by atoms with Gasteiger partial charge in [0.25, 0.3) is 0 Å². The molecule has 2 aliphatic rings. The molecular weight excluding hydrogens is 431 g/mol. The van der Waals surface area contributed by atoms with E-state index in [1.165, 1.54) is 0 Å². The number of urea groups is 1. The SMILES string of the molecule is Cc1ccc(C2=CC3(CCN(C(=O)Nc4cc(C(F)(F)F)ccc4Cl)CC3)ON2)cc1. The van der Waals surface area contributed by atoms with Crippen molar-refractivity contribution in [3.63, 3.8) is 0 Å². The number of alkyl halides is 3. The number of halogens is 4. The molecule has 0 radical (unpaired) electrons. The Bertz CT molecular complexity index is 1010. The van der Waals surface area contributed by atoms with Crippen molar-refractivity contribution in [2.75, 3.05) is 18.4 Å². The van der Waals surface area contributed by atoms with Crippen LogP contribution in [-0.2, 0) is 11.0 Å². The molecule has 0 aliphatic carbocycles. The lowest BCUT2D eigenvalue weighted by Gasteiger charge is -2.36. The first-order valence-corrected chi connectivity index (χ1v) is 10.2. The zero-order valence-corrected chi connectivity index (χ0v) is 17.5. The highest BCUT2D eigenvalue weighted by molar-refractivity contribution is 6.33. The molecule has 164 valence electrons. The van der Waals surface area contributed by atoms with Crippen LogP contribution >= 0.6 is 11.6 Å². The molecule has 2 aliphatic heterocycles. The fourth-order valence-electron chi connectivity index (χ4n) is 3.68. The highest BCUT2D eigenvalue weighted by atomic mass is 35.5. The summed E-state index contributed by atoms with van der Waals surface area (Å²) in [4.78, 5) is 20.0. The van der Waals surface area contributed by atoms with Crippen LogP contribution in [-0.4, -0.2) is 29.6 Å². The van der Waals surface area contributed by atoms with Crippen LogP contribution in [0.25, 0.3) is 5.70 Å². The van der Waals surface area contributed by atoms with E-state index in [9.17, 15) is 18.0 Å². The third-order valence-corrected chi connectivity index (χ3v) is 5.90. The Morgan fingerprint density at radius 1 is 1.16 bits per heavy atom. The minimum Gasteiger partial charge on any atom is -0.324 e. The van der Waals surface area contributed by atoms with Crippen molar-refractivity contribution in [1.82, 2.24) is 10.4 Å². The number of aryl methyl sites for hydroxylation is 1. The summed E-state index contributed by atoms with van der Waals surface area (Å²) in [5.41, 5.74) is 4.58. The third-order valence-electron chi connectivity index (χ3n) is 5.57. The first kappa shape index (κ1) is 21.5. The zero-order valence-electron chi connectivity index (χ0n) is 16.7. The Morgan fingerprint density at radius 3 is 2.48 bits per heavy atom. The van der Waals surface area contributed by atoms with Crippen LogP contribution in [0, 0.1) is 6.92 Å². The standard InChI is InChI=1S/C22H21ClF3N3O2/c1-14-2-4-15(5-3-14)19-13-21(31-28-19)8-10-29(11-9-21)20(30)27-18-12-16(22(24,25)26)6-7-17(18)23/h2-7,12-13,28H,8-11H2,1H3,(H,27,30). The zero-order chi connectivity index (χ0) is 22.2. The molecule has 2 aromatic rings. The molecule has 2 heterocycles. The van der Waals surface area contributed by atoms with Gasteiger partial charge in [0, 0.05) is 25.9 Å². The molecule has 4 rings (SSSR count). The van der Waals surface area contributed by atoms with Gasteiger partial charge in [-0.25, -0.2) is 4.79 Å². The Labute approximate surface area is 182 Å². The number of likely N-dealkylation sites (tertiary alicyclic amines) is 1. The van der Waals surface area contributed by atoms with Crippen LogP contribution in [0.1, 0.15) is 29.5 Å². The first-order chi connectivity index (χ1) is 14.7. The molecule has 0 bridgehead atoms. The fraction of sp³-hybridized carbons (Fsp3) is 0.318. The summed E-state index contributed by atoms with van der Waals surface area (Å²) in [6, 6.07) is 10.4. The lowest BCUT2D eigenvalue weighted by Crippen LogP contribution is -2.48. The average molecular weight is 452 g/mol. The van der Waals surface area contributed by atoms with Crippen molar-refractivity contribution in [2.24, 2.45) is 0 Å². The molecule has 2 amide bonds. The van der Waals surface area contributed by atoms with Crippen LogP contribution in [0.3, 0.4) is 0 Å². The largest absolute Gasteiger partial charge is 0.416 e. The van der Waals surface area contributed by atoms with Crippen molar-refractivity contribution in [3.05, 3.63) is 70.3 Å². The number of benzene rings is 2. The molecular formula is C22H21ClF3N3O2. The Balaban J connectivity index is 1.40. The van der Waals surface area contributed by atoms with E-state index in [-0.39, 0.29) is 10.7 Å². The smallest absolute Gasteiger partial charge is 0.324 e. The second kappa shape index (κ2) is 8.09. The van der Waals surface area contributed by atoms with Gasteiger partial charge in [-0.3, -0.25) is 10.3 Å². The Hall–Kier alpha value is -2.71. The van der Waals surface area contributed by atoms with Crippen molar-refractivity contribution in [1.29, 1.82) is 0 Å². The van der Waals surface area contributed by atoms with Gasteiger partial charge in [0.05, 0.1) is 22.0 Å². The van der Waals surface area contributed by atoms with Crippen LogP contribution < -0.4 is 10.8 Å². The molecule has 2 aromatic carbocycles. The first-order valence-electron chi connectivity index (χ1n) is 9.82. The number of rotatable bonds is 2. The lowest BCUT2D eigenvalue weighted by atomic mass is 9.90. The highest BCUT2D eigenvalue weighted by Crippen LogP contribution is 2.36. The van der Waals surface area contributed by atoms with Gasteiger partial charge in [0.1, 0.15) is 5.60 Å². The number of carbonyl (C=O) groups is 1. The number of anilines is 1. The van der Waals surface area contributed by atoms with Gasteiger partial charge in [-0.15, -0.1) is 0 Å². The number of piperidine rings is 1. The van der Waals surface area contributed by atoms with Crippen molar-refractivity contribution >= 4 is 29.0 Å². The van der Waals surface area contributed by atoms with Gasteiger partial charge in [-0.1, -0.05) is 41.4 Å². The van der Waals surface area contributed by atoms with Crippen LogP contribution in [0.15, 0.2) is 48.5 Å². The van der Waals surface area contributed by atoms with E-state index >= 15 is 0 Å². The Morgan fingerprint density at radius 2 is 1.84 bits per heavy atom. The van der Waals surface area contributed by atoms with E-state index in [1.54, 1.807) is 4.90 Å². The number of amides is 2. The summed E-state index contributed by atoms with van der Waals surface area (Å²) < 4.78 is 38.8. The van der Waals surface area contributed by atoms with Gasteiger partial charge < -0.3 is 10.2 Å². The lowest BCUT2D eigenvalue weighted by molar-refractivity contribution is -0.137. The molecule has 0 atom stereocenters. The van der Waals surface area contributed by atoms with E-state index in [0.29, 0.717) is 25.9 Å². The van der Waals surface area contributed by atoms with Crippen LogP contribution in [0.5, 0.6) is 0 Å². The molecule has 0 saturated carbocycles. The summed E-state index contributed by atoms with van der Waals surface area (Å²) in [7, 11) is 0. The highest BCUT2D eigenvalue weighted by Gasteiger charge is 2.40. The number of hydrogen-bond acceptors (Lipinski definition) is 3. The fourth-order valence-corrected chi connectivity index (χ4v) is 3.85. The molecule has 31 heavy (non-hydrogen) atoms. The minimum absolute atomic E-state index is 0.0452. The second-order valence-corrected chi connectivity index (χ2v) is 8.21. The monoisotopic (exact) mass is 451 g/mol. The molecule has 1 fully saturated rings. The number of hydroxylamine groups is 1. The predicted molar refractivity (Wildman–Crippen MR) is 112 cm³/mol. The number of carbonyl (C=O) groups excluding carboxylic acids is 1. The molecule has 2 N–H and O–H groups in total. The van der Waals surface area contributed by atoms with E-state index in [0.717, 1.165) is 35.0 Å². The van der Waals surface area contributed by atoms with Crippen molar-refractivity contribution in [3.8, 4) is 0 Å². The molecule has 0 aromatic heterocycles. The van der Waals surface area contributed by atoms with E-state index < -0.39 is 23.4 Å². The average Bonchev–Trinajstić information content (AvgIpc) is 3.13. The number of nitrogens with zero attached hydrogens (tertiary/aromatic N) is 1. The summed E-state index contributed by atoms with van der Waals surface area (Å²) in [6.45, 7) is 2.80. The maximum atomic E-state index is 12.9. The summed E-state index contributed by atoms with van der Waals surface area (Å²) in [5.74, 6) is 0. The molecule has 1 saturated heterocycles. The van der Waals surface area contributed by atoms with E-state index in [1.807, 2.05) is 37.3 Å². The van der Waals surface area contributed by atoms with Crippen molar-refractivity contribution in [2.45, 2.75) is 31.5 Å². The Kier molecular flexibility index (Phi) is 5.61. The van der Waals surface area contributed by atoms with E-state index in [2.05, 4.69) is 10.8 Å². The molecule has 5 nitrogen and oxygen atoms in total. The van der Waals surface area contributed by atoms with Gasteiger partial charge in [0.15, 0.2) is 0 Å². The summed E-state index contributed by atoms with van der Waals surface area (Å²) >= 11 is 5.98. The molecule has 0 unspecified atom stereocenters. The summed E-state index contributed by atoms with van der Waals surface area (Å²) in [5, 5.41) is 2.54. The predicted octanol–water partition coefficient (Wildman–Crippen LogP) is 5.61. The van der Waals surface area contributed by atoms with Gasteiger partial charge in [-0.2, -0.15) is 13.2 Å². The maximum absolute atomic E-state index is 12.9. The minimum atomic E-state index is -4.52.